The van der Waals surface area contributed by atoms with Gasteiger partial charge in [0.1, 0.15) is 0 Å². The van der Waals surface area contributed by atoms with Crippen molar-refractivity contribution in [2.75, 3.05) is 31.6 Å². The molecule has 2 fully saturated rings. The van der Waals surface area contributed by atoms with Gasteiger partial charge in [-0.25, -0.2) is 9.97 Å². The predicted octanol–water partition coefficient (Wildman–Crippen LogP) is 1.66. The van der Waals surface area contributed by atoms with Gasteiger partial charge in [-0.1, -0.05) is 0 Å². The van der Waals surface area contributed by atoms with Crippen molar-refractivity contribution in [2.24, 2.45) is 11.8 Å². The van der Waals surface area contributed by atoms with Crippen LogP contribution >= 0.6 is 0 Å². The monoisotopic (exact) mass is 328 g/mol. The smallest absolute Gasteiger partial charge is 0.289 e. The molecule has 1 N–H and O–H groups in total. The van der Waals surface area contributed by atoms with Crippen LogP contribution in [0.25, 0.3) is 0 Å². The van der Waals surface area contributed by atoms with Crippen LogP contribution in [-0.4, -0.2) is 53.1 Å². The van der Waals surface area contributed by atoms with Gasteiger partial charge in [0.15, 0.2) is 5.76 Å². The normalized spacial score (nSPS) is 26.2. The fraction of sp³-hybridized carbons (Fsp3) is 0.471. The number of hydrogen-bond donors (Lipinski definition) is 1. The molecule has 7 nitrogen and oxygen atoms in total. The third kappa shape index (κ3) is 2.99. The summed E-state index contributed by atoms with van der Waals surface area (Å²) in [5.74, 6) is 1.84. The highest BCUT2D eigenvalue weighted by Crippen LogP contribution is 2.34. The van der Waals surface area contributed by atoms with Crippen LogP contribution in [0.5, 0.6) is 0 Å². The highest BCUT2D eigenvalue weighted by molar-refractivity contribution is 5.91. The van der Waals surface area contributed by atoms with Crippen LogP contribution in [0.15, 0.2) is 41.3 Å². The van der Waals surface area contributed by atoms with Crippen molar-refractivity contribution < 1.29 is 13.9 Å². The first-order valence-electron chi connectivity index (χ1n) is 8.26. The van der Waals surface area contributed by atoms with Crippen LogP contribution in [0.4, 0.5) is 5.95 Å². The van der Waals surface area contributed by atoms with E-state index in [0.29, 0.717) is 36.7 Å². The number of likely N-dealkylation sites (tertiary alicyclic amines) is 1. The number of aromatic nitrogens is 2. The van der Waals surface area contributed by atoms with Crippen molar-refractivity contribution in [3.8, 4) is 0 Å². The van der Waals surface area contributed by atoms with Gasteiger partial charge in [0.2, 0.25) is 5.95 Å². The number of piperidine rings is 1. The summed E-state index contributed by atoms with van der Waals surface area (Å²) < 4.78 is 11.2. The number of rotatable bonds is 4. The molecule has 0 unspecified atom stereocenters. The number of ether oxygens (including phenoxy) is 1. The minimum atomic E-state index is -0.0299. The molecule has 2 aromatic heterocycles. The Morgan fingerprint density at radius 3 is 3.00 bits per heavy atom. The molecule has 2 saturated heterocycles. The van der Waals surface area contributed by atoms with Gasteiger partial charge in [0.05, 0.1) is 19.0 Å². The molecular formula is C17H20N4O3. The first-order chi connectivity index (χ1) is 11.8. The molecule has 0 spiro atoms. The van der Waals surface area contributed by atoms with E-state index in [2.05, 4.69) is 15.3 Å². The van der Waals surface area contributed by atoms with Crippen LogP contribution in [-0.2, 0) is 4.74 Å². The maximum atomic E-state index is 12.4. The molecule has 0 saturated carbocycles. The second-order valence-electron chi connectivity index (χ2n) is 6.27. The fourth-order valence-electron chi connectivity index (χ4n) is 3.62. The molecule has 24 heavy (non-hydrogen) atoms. The standard InChI is InChI=1S/C17H20N4O3/c22-16(14-3-1-8-23-14)21-7-4-13-12(10-21)11-24-15(13)9-20-17-18-5-2-6-19-17/h1-3,5-6,8,12-13,15H,4,7,9-11H2,(H,18,19,20)/t12-,13-,15-/m1/s1. The molecular weight excluding hydrogens is 308 g/mol. The van der Waals surface area contributed by atoms with E-state index in [0.717, 1.165) is 19.5 Å². The Labute approximate surface area is 140 Å². The Kier molecular flexibility index (Phi) is 4.17. The van der Waals surface area contributed by atoms with E-state index in [-0.39, 0.29) is 12.0 Å². The van der Waals surface area contributed by atoms with Crippen LogP contribution < -0.4 is 5.32 Å². The van der Waals surface area contributed by atoms with Crippen LogP contribution in [0.1, 0.15) is 17.0 Å². The Balaban J connectivity index is 1.33. The molecule has 2 aliphatic heterocycles. The summed E-state index contributed by atoms with van der Waals surface area (Å²) in [5.41, 5.74) is 0. The van der Waals surface area contributed by atoms with Crippen LogP contribution in [0.2, 0.25) is 0 Å². The summed E-state index contributed by atoms with van der Waals surface area (Å²) >= 11 is 0. The lowest BCUT2D eigenvalue weighted by Gasteiger charge is -2.35. The third-order valence-electron chi connectivity index (χ3n) is 4.84. The predicted molar refractivity (Wildman–Crippen MR) is 86.5 cm³/mol. The molecule has 0 radical (unpaired) electrons. The molecule has 2 aromatic rings. The molecule has 0 aliphatic carbocycles. The van der Waals surface area contributed by atoms with Gasteiger partial charge in [-0.05, 0) is 30.5 Å². The summed E-state index contributed by atoms with van der Waals surface area (Å²) in [7, 11) is 0. The molecule has 4 rings (SSSR count). The largest absolute Gasteiger partial charge is 0.459 e. The minimum absolute atomic E-state index is 0.0299. The lowest BCUT2D eigenvalue weighted by molar-refractivity contribution is 0.0591. The summed E-state index contributed by atoms with van der Waals surface area (Å²) in [6.07, 6.45) is 6.05. The number of furan rings is 1. The molecule has 1 amide bonds. The van der Waals surface area contributed by atoms with Crippen LogP contribution in [0, 0.1) is 11.8 Å². The summed E-state index contributed by atoms with van der Waals surface area (Å²) in [6, 6.07) is 5.25. The Hall–Kier alpha value is -2.41. The SMILES string of the molecule is O=C(c1ccco1)N1CC[C@@H]2[C@@H](CO[C@@H]2CNc2ncccn2)C1. The van der Waals surface area contributed by atoms with E-state index in [1.807, 2.05) is 4.90 Å². The van der Waals surface area contributed by atoms with E-state index in [9.17, 15) is 4.79 Å². The number of nitrogens with one attached hydrogen (secondary N) is 1. The van der Waals surface area contributed by atoms with Gasteiger partial charge in [-0.3, -0.25) is 4.79 Å². The van der Waals surface area contributed by atoms with Gasteiger partial charge >= 0.3 is 0 Å². The van der Waals surface area contributed by atoms with Crippen LogP contribution in [0.3, 0.4) is 0 Å². The first-order valence-corrected chi connectivity index (χ1v) is 8.26. The molecule has 0 bridgehead atoms. The van der Waals surface area contributed by atoms with E-state index >= 15 is 0 Å². The average molecular weight is 328 g/mol. The number of nitrogens with zero attached hydrogens (tertiary/aromatic N) is 3. The van der Waals surface area contributed by atoms with Gasteiger partial charge in [-0.2, -0.15) is 0 Å². The summed E-state index contributed by atoms with van der Waals surface area (Å²) in [6.45, 7) is 2.84. The number of amides is 1. The number of carbonyl (C=O) groups is 1. The van der Waals surface area contributed by atoms with Crippen molar-refractivity contribution in [2.45, 2.75) is 12.5 Å². The number of carbonyl (C=O) groups excluding carboxylic acids is 1. The number of fused-ring (bicyclic) bond motifs is 1. The number of anilines is 1. The maximum absolute atomic E-state index is 12.4. The number of hydrogen-bond acceptors (Lipinski definition) is 6. The zero-order valence-electron chi connectivity index (χ0n) is 13.3. The second-order valence-corrected chi connectivity index (χ2v) is 6.27. The van der Waals surface area contributed by atoms with Crippen molar-refractivity contribution in [3.63, 3.8) is 0 Å². The Morgan fingerprint density at radius 1 is 1.33 bits per heavy atom. The molecule has 4 heterocycles. The minimum Gasteiger partial charge on any atom is -0.459 e. The summed E-state index contributed by atoms with van der Waals surface area (Å²) in [4.78, 5) is 22.6. The highest BCUT2D eigenvalue weighted by Gasteiger charge is 2.42. The Morgan fingerprint density at radius 2 is 2.21 bits per heavy atom. The molecule has 7 heteroatoms. The van der Waals surface area contributed by atoms with Crippen molar-refractivity contribution >= 4 is 11.9 Å². The highest BCUT2D eigenvalue weighted by atomic mass is 16.5. The van der Waals surface area contributed by atoms with Crippen molar-refractivity contribution in [1.29, 1.82) is 0 Å². The third-order valence-corrected chi connectivity index (χ3v) is 4.84. The lowest BCUT2D eigenvalue weighted by Crippen LogP contribution is -2.45. The second kappa shape index (κ2) is 6.60. The average Bonchev–Trinajstić information content (AvgIpc) is 3.30. The fourth-order valence-corrected chi connectivity index (χ4v) is 3.62. The molecule has 0 aromatic carbocycles. The molecule has 2 aliphatic rings. The van der Waals surface area contributed by atoms with Crippen molar-refractivity contribution in [3.05, 3.63) is 42.6 Å². The molecule has 126 valence electrons. The van der Waals surface area contributed by atoms with Gasteiger partial charge in [-0.15, -0.1) is 0 Å². The van der Waals surface area contributed by atoms with E-state index in [1.165, 1.54) is 6.26 Å². The van der Waals surface area contributed by atoms with E-state index < -0.39 is 0 Å². The first kappa shape index (κ1) is 15.1. The van der Waals surface area contributed by atoms with Gasteiger partial charge in [0, 0.05) is 37.9 Å². The van der Waals surface area contributed by atoms with Crippen molar-refractivity contribution in [1.82, 2.24) is 14.9 Å². The lowest BCUT2D eigenvalue weighted by atomic mass is 9.84. The topological polar surface area (TPSA) is 80.5 Å². The Bertz CT molecular complexity index is 676. The van der Waals surface area contributed by atoms with E-state index in [1.54, 1.807) is 30.6 Å². The van der Waals surface area contributed by atoms with E-state index in [4.69, 9.17) is 9.15 Å². The van der Waals surface area contributed by atoms with Gasteiger partial charge < -0.3 is 19.4 Å². The quantitative estimate of drug-likeness (QED) is 0.919. The summed E-state index contributed by atoms with van der Waals surface area (Å²) in [5, 5.41) is 3.23. The van der Waals surface area contributed by atoms with Gasteiger partial charge in [0.25, 0.3) is 5.91 Å². The molecule has 3 atom stereocenters. The maximum Gasteiger partial charge on any atom is 0.289 e. The zero-order chi connectivity index (χ0) is 16.4. The zero-order valence-corrected chi connectivity index (χ0v) is 13.3.